The molecule has 60 heavy (non-hydrogen) atoms. The van der Waals surface area contributed by atoms with E-state index in [9.17, 15) is 9.59 Å². The van der Waals surface area contributed by atoms with Crippen LogP contribution in [0, 0.1) is 0 Å². The summed E-state index contributed by atoms with van der Waals surface area (Å²) in [5.41, 5.74) is 0. The maximum atomic E-state index is 12.7. The normalized spacial score (nSPS) is 12.7. The van der Waals surface area contributed by atoms with Gasteiger partial charge in [-0.25, -0.2) is 0 Å². The molecule has 0 N–H and O–H groups in total. The van der Waals surface area contributed by atoms with E-state index in [-0.39, 0.29) is 25.2 Å². The Morgan fingerprint density at radius 3 is 1.22 bits per heavy atom. The topological polar surface area (TPSA) is 61.8 Å². The van der Waals surface area contributed by atoms with E-state index in [4.69, 9.17) is 14.2 Å². The third-order valence-electron chi connectivity index (χ3n) is 11.0. The van der Waals surface area contributed by atoms with Crippen LogP contribution in [0.25, 0.3) is 0 Å². The zero-order valence-electron chi connectivity index (χ0n) is 40.0. The lowest BCUT2D eigenvalue weighted by Gasteiger charge is -2.18. The van der Waals surface area contributed by atoms with Crippen molar-refractivity contribution in [3.05, 3.63) is 60.8 Å². The molecule has 5 nitrogen and oxygen atoms in total. The molecule has 0 bridgehead atoms. The summed E-state index contributed by atoms with van der Waals surface area (Å²) in [6.07, 6.45) is 63.7. The number of carbonyl (C=O) groups excluding carboxylic acids is 2. The van der Waals surface area contributed by atoms with Gasteiger partial charge in [0.05, 0.1) is 6.61 Å². The fraction of sp³-hybridized carbons (Fsp3) is 0.782. The fourth-order valence-corrected chi connectivity index (χ4v) is 7.20. The molecule has 0 rings (SSSR count). The van der Waals surface area contributed by atoms with Crippen molar-refractivity contribution in [3.63, 3.8) is 0 Å². The molecule has 5 heteroatoms. The van der Waals surface area contributed by atoms with Crippen molar-refractivity contribution in [3.8, 4) is 0 Å². The number of ether oxygens (including phenoxy) is 3. The molecule has 0 heterocycles. The molecule has 348 valence electrons. The first-order chi connectivity index (χ1) is 29.6. The van der Waals surface area contributed by atoms with E-state index < -0.39 is 6.10 Å². The highest BCUT2D eigenvalue weighted by Gasteiger charge is 2.17. The highest BCUT2D eigenvalue weighted by atomic mass is 16.6. The van der Waals surface area contributed by atoms with Crippen LogP contribution in [0.2, 0.25) is 0 Å². The first kappa shape index (κ1) is 57.6. The standard InChI is InChI=1S/C55H98O5/c1-4-7-10-13-16-19-21-23-25-27-29-31-33-35-38-41-44-47-50-58-51-53(60-55(57)49-46-43-40-36-18-15-12-9-6-3)52-59-54(56)48-45-42-39-37-34-32-30-28-26-24-22-20-17-14-11-8-5-2/h8,11,17,20,23-26,30,32,53H,4-7,9-10,12-16,18-19,21-22,27-29,31,33-52H2,1-3H3/b11-8-,20-17-,25-23-,26-24-,32-30-. The smallest absolute Gasteiger partial charge is 0.306 e. The molecule has 0 aliphatic carbocycles. The molecule has 0 aliphatic rings. The molecule has 0 aromatic heterocycles. The molecule has 0 spiro atoms. The summed E-state index contributed by atoms with van der Waals surface area (Å²) in [6, 6.07) is 0. The first-order valence-electron chi connectivity index (χ1n) is 25.8. The van der Waals surface area contributed by atoms with Crippen LogP contribution >= 0.6 is 0 Å². The van der Waals surface area contributed by atoms with Gasteiger partial charge in [-0.3, -0.25) is 9.59 Å². The predicted octanol–water partition coefficient (Wildman–Crippen LogP) is 17.3. The lowest BCUT2D eigenvalue weighted by molar-refractivity contribution is -0.163. The van der Waals surface area contributed by atoms with E-state index >= 15 is 0 Å². The average molecular weight is 839 g/mol. The van der Waals surface area contributed by atoms with Crippen molar-refractivity contribution in [2.24, 2.45) is 0 Å². The molecule has 0 fully saturated rings. The van der Waals surface area contributed by atoms with Crippen molar-refractivity contribution in [1.29, 1.82) is 0 Å². The van der Waals surface area contributed by atoms with Gasteiger partial charge in [0.1, 0.15) is 6.61 Å². The predicted molar refractivity (Wildman–Crippen MR) is 261 cm³/mol. The SMILES string of the molecule is CC/C=C\C/C=C\C/C=C\C/C=C\CCCCCCC(=O)OCC(COCCCCCCCCCC/C=C\CCCCCCCC)OC(=O)CCCCCCCCCCC. The van der Waals surface area contributed by atoms with Crippen molar-refractivity contribution in [2.45, 2.75) is 258 Å². The van der Waals surface area contributed by atoms with Gasteiger partial charge in [0.2, 0.25) is 0 Å². The number of hydrogen-bond donors (Lipinski definition) is 0. The summed E-state index contributed by atoms with van der Waals surface area (Å²) in [7, 11) is 0. The molecule has 1 atom stereocenters. The van der Waals surface area contributed by atoms with Gasteiger partial charge >= 0.3 is 11.9 Å². The van der Waals surface area contributed by atoms with Crippen LogP contribution in [0.3, 0.4) is 0 Å². The van der Waals surface area contributed by atoms with Crippen LogP contribution in [0.15, 0.2) is 60.8 Å². The summed E-state index contributed by atoms with van der Waals surface area (Å²) in [6.45, 7) is 7.68. The van der Waals surface area contributed by atoms with E-state index in [1.807, 2.05) is 0 Å². The minimum absolute atomic E-state index is 0.0725. The zero-order chi connectivity index (χ0) is 43.5. The van der Waals surface area contributed by atoms with E-state index in [1.165, 1.54) is 135 Å². The molecule has 0 radical (unpaired) electrons. The third kappa shape index (κ3) is 48.3. The van der Waals surface area contributed by atoms with Gasteiger partial charge < -0.3 is 14.2 Å². The van der Waals surface area contributed by atoms with Crippen molar-refractivity contribution in [1.82, 2.24) is 0 Å². The van der Waals surface area contributed by atoms with Gasteiger partial charge in [-0.2, -0.15) is 0 Å². The minimum Gasteiger partial charge on any atom is -0.462 e. The second kappa shape index (κ2) is 51.0. The van der Waals surface area contributed by atoms with Gasteiger partial charge in [0.15, 0.2) is 6.10 Å². The zero-order valence-corrected chi connectivity index (χ0v) is 40.0. The summed E-state index contributed by atoms with van der Waals surface area (Å²) in [5.74, 6) is -0.422. The fourth-order valence-electron chi connectivity index (χ4n) is 7.20. The third-order valence-corrected chi connectivity index (χ3v) is 11.0. The maximum absolute atomic E-state index is 12.7. The van der Waals surface area contributed by atoms with Gasteiger partial charge in [-0.05, 0) is 83.5 Å². The van der Waals surface area contributed by atoms with Gasteiger partial charge in [-0.15, -0.1) is 0 Å². The molecule has 1 unspecified atom stereocenters. The monoisotopic (exact) mass is 839 g/mol. The Morgan fingerprint density at radius 1 is 0.383 bits per heavy atom. The number of esters is 2. The van der Waals surface area contributed by atoms with E-state index in [0.717, 1.165) is 83.5 Å². The minimum atomic E-state index is -0.545. The molecular weight excluding hydrogens is 741 g/mol. The van der Waals surface area contributed by atoms with Crippen LogP contribution < -0.4 is 0 Å². The quantitative estimate of drug-likeness (QED) is 0.0347. The number of unbranched alkanes of at least 4 members (excludes halogenated alkanes) is 26. The summed E-state index contributed by atoms with van der Waals surface area (Å²) < 4.78 is 17.4. The van der Waals surface area contributed by atoms with Crippen LogP contribution in [0.5, 0.6) is 0 Å². The molecule has 0 aromatic rings. The molecular formula is C55H98O5. The lowest BCUT2D eigenvalue weighted by atomic mass is 10.1. The molecule has 0 amide bonds. The number of rotatable bonds is 47. The van der Waals surface area contributed by atoms with Crippen molar-refractivity contribution in [2.75, 3.05) is 19.8 Å². The summed E-state index contributed by atoms with van der Waals surface area (Å²) in [4.78, 5) is 25.3. The first-order valence-corrected chi connectivity index (χ1v) is 25.8. The Labute approximate surface area is 373 Å². The molecule has 0 aromatic carbocycles. The van der Waals surface area contributed by atoms with Crippen LogP contribution in [-0.2, 0) is 23.8 Å². The Balaban J connectivity index is 4.22. The molecule has 0 saturated carbocycles. The molecule has 0 saturated heterocycles. The largest absolute Gasteiger partial charge is 0.462 e. The maximum Gasteiger partial charge on any atom is 0.306 e. The Bertz CT molecular complexity index is 1040. The van der Waals surface area contributed by atoms with Gasteiger partial charge in [0.25, 0.3) is 0 Å². The van der Waals surface area contributed by atoms with E-state index in [0.29, 0.717) is 19.4 Å². The second-order valence-electron chi connectivity index (χ2n) is 17.0. The van der Waals surface area contributed by atoms with Crippen LogP contribution in [0.4, 0.5) is 0 Å². The van der Waals surface area contributed by atoms with E-state index in [1.54, 1.807) is 0 Å². The lowest BCUT2D eigenvalue weighted by Crippen LogP contribution is -2.30. The number of carbonyl (C=O) groups is 2. The number of allylic oxidation sites excluding steroid dienone is 10. The highest BCUT2D eigenvalue weighted by molar-refractivity contribution is 5.70. The Hall–Kier alpha value is -2.40. The van der Waals surface area contributed by atoms with Crippen molar-refractivity contribution >= 4 is 11.9 Å². The van der Waals surface area contributed by atoms with Crippen LogP contribution in [0.1, 0.15) is 252 Å². The Morgan fingerprint density at radius 2 is 0.750 bits per heavy atom. The summed E-state index contributed by atoms with van der Waals surface area (Å²) in [5, 5.41) is 0. The molecule has 0 aliphatic heterocycles. The second-order valence-corrected chi connectivity index (χ2v) is 17.0. The van der Waals surface area contributed by atoms with Gasteiger partial charge in [-0.1, -0.05) is 216 Å². The van der Waals surface area contributed by atoms with E-state index in [2.05, 4.69) is 81.5 Å². The highest BCUT2D eigenvalue weighted by Crippen LogP contribution is 2.14. The van der Waals surface area contributed by atoms with Crippen molar-refractivity contribution < 1.29 is 23.8 Å². The Kier molecular flexibility index (Phi) is 48.9. The summed E-state index contributed by atoms with van der Waals surface area (Å²) >= 11 is 0. The average Bonchev–Trinajstić information content (AvgIpc) is 3.25. The number of hydrogen-bond acceptors (Lipinski definition) is 5. The van der Waals surface area contributed by atoms with Crippen LogP contribution in [-0.4, -0.2) is 37.9 Å². The van der Waals surface area contributed by atoms with Gasteiger partial charge in [0, 0.05) is 19.4 Å².